The Morgan fingerprint density at radius 3 is 2.95 bits per heavy atom. The highest BCUT2D eigenvalue weighted by Crippen LogP contribution is 2.21. The van der Waals surface area contributed by atoms with Gasteiger partial charge in [-0.25, -0.2) is 0 Å². The third-order valence-electron chi connectivity index (χ3n) is 3.52. The number of amides is 1. The molecule has 1 aromatic heterocycles. The minimum atomic E-state index is -0.637. The quantitative estimate of drug-likeness (QED) is 0.816. The van der Waals surface area contributed by atoms with Gasteiger partial charge in [0.1, 0.15) is 0 Å². The predicted molar refractivity (Wildman–Crippen MR) is 73.3 cm³/mol. The molecule has 1 aromatic rings. The van der Waals surface area contributed by atoms with Crippen LogP contribution in [-0.4, -0.2) is 44.4 Å². The third kappa shape index (κ3) is 3.92. The van der Waals surface area contributed by atoms with Crippen LogP contribution in [-0.2, 0) is 11.8 Å². The molecule has 5 nitrogen and oxygen atoms in total. The smallest absolute Gasteiger partial charge is 0.246 e. The number of nitrogens with zero attached hydrogens (tertiary/aromatic N) is 3. The van der Waals surface area contributed by atoms with E-state index in [0.717, 1.165) is 18.4 Å². The first kappa shape index (κ1) is 13.8. The molecule has 0 aromatic carbocycles. The van der Waals surface area contributed by atoms with Crippen LogP contribution in [0.15, 0.2) is 18.5 Å². The van der Waals surface area contributed by atoms with Crippen molar-refractivity contribution in [3.05, 3.63) is 24.0 Å². The summed E-state index contributed by atoms with van der Waals surface area (Å²) in [6.07, 6.45) is 9.17. The van der Waals surface area contributed by atoms with Crippen molar-refractivity contribution in [3.8, 4) is 0 Å². The first-order valence-corrected chi connectivity index (χ1v) is 6.64. The van der Waals surface area contributed by atoms with E-state index in [0.29, 0.717) is 19.5 Å². The number of aromatic nitrogens is 2. The Morgan fingerprint density at radius 1 is 1.47 bits per heavy atom. The lowest BCUT2D eigenvalue weighted by molar-refractivity contribution is -0.126. The van der Waals surface area contributed by atoms with Crippen LogP contribution in [0, 0.1) is 0 Å². The molecule has 1 fully saturated rings. The minimum Gasteiger partial charge on any atom is -0.390 e. The van der Waals surface area contributed by atoms with E-state index in [1.165, 1.54) is 0 Å². The molecule has 0 radical (unpaired) electrons. The molecular weight excluding hydrogens is 242 g/mol. The van der Waals surface area contributed by atoms with Gasteiger partial charge in [0.2, 0.25) is 5.91 Å². The van der Waals surface area contributed by atoms with Crippen LogP contribution < -0.4 is 0 Å². The standard InChI is InChI=1S/C14H21N3O2/c1-14(19)6-3-8-17(9-7-14)13(18)5-4-12-10-15-16(2)11-12/h4-5,10-11,19H,3,6-9H2,1-2H3/b5-4+. The Labute approximate surface area is 113 Å². The van der Waals surface area contributed by atoms with Crippen molar-refractivity contribution < 1.29 is 9.90 Å². The van der Waals surface area contributed by atoms with Crippen LogP contribution >= 0.6 is 0 Å². The van der Waals surface area contributed by atoms with E-state index in [9.17, 15) is 9.90 Å². The monoisotopic (exact) mass is 263 g/mol. The zero-order chi connectivity index (χ0) is 13.9. The lowest BCUT2D eigenvalue weighted by atomic mass is 9.98. The van der Waals surface area contributed by atoms with E-state index < -0.39 is 5.60 Å². The molecule has 0 saturated carbocycles. The number of aryl methyl sites for hydroxylation is 1. The summed E-state index contributed by atoms with van der Waals surface area (Å²) in [7, 11) is 1.84. The van der Waals surface area contributed by atoms with Gasteiger partial charge in [0.25, 0.3) is 0 Å². The van der Waals surface area contributed by atoms with E-state index in [2.05, 4.69) is 5.10 Å². The van der Waals surface area contributed by atoms with Gasteiger partial charge in [-0.3, -0.25) is 9.48 Å². The SMILES string of the molecule is Cn1cc(/C=C/C(=O)N2CCCC(C)(O)CC2)cn1. The van der Waals surface area contributed by atoms with Gasteiger partial charge in [-0.2, -0.15) is 5.10 Å². The minimum absolute atomic E-state index is 0.00144. The lowest BCUT2D eigenvalue weighted by Gasteiger charge is -2.21. The summed E-state index contributed by atoms with van der Waals surface area (Å²) in [4.78, 5) is 13.9. The molecule has 1 atom stereocenters. The summed E-state index contributed by atoms with van der Waals surface area (Å²) in [5, 5.41) is 14.0. The molecule has 0 bridgehead atoms. The van der Waals surface area contributed by atoms with Crippen molar-refractivity contribution in [2.75, 3.05) is 13.1 Å². The number of likely N-dealkylation sites (tertiary alicyclic amines) is 1. The van der Waals surface area contributed by atoms with Gasteiger partial charge in [-0.15, -0.1) is 0 Å². The van der Waals surface area contributed by atoms with Gasteiger partial charge in [0.05, 0.1) is 11.8 Å². The van der Waals surface area contributed by atoms with Crippen molar-refractivity contribution in [2.45, 2.75) is 31.8 Å². The van der Waals surface area contributed by atoms with Crippen molar-refractivity contribution in [3.63, 3.8) is 0 Å². The fourth-order valence-corrected chi connectivity index (χ4v) is 2.28. The second-order valence-electron chi connectivity index (χ2n) is 5.46. The summed E-state index contributed by atoms with van der Waals surface area (Å²) in [5.41, 5.74) is 0.278. The van der Waals surface area contributed by atoms with Crippen LogP contribution in [0.1, 0.15) is 31.7 Å². The molecule has 0 aliphatic carbocycles. The average Bonchev–Trinajstić information content (AvgIpc) is 2.67. The Hall–Kier alpha value is -1.62. The molecule has 2 heterocycles. The van der Waals surface area contributed by atoms with Crippen molar-refractivity contribution in [1.82, 2.24) is 14.7 Å². The molecule has 1 unspecified atom stereocenters. The molecule has 1 amide bonds. The summed E-state index contributed by atoms with van der Waals surface area (Å²) < 4.78 is 1.70. The predicted octanol–water partition coefficient (Wildman–Crippen LogP) is 1.20. The maximum Gasteiger partial charge on any atom is 0.246 e. The molecule has 1 saturated heterocycles. The number of hydrogen-bond donors (Lipinski definition) is 1. The van der Waals surface area contributed by atoms with E-state index in [-0.39, 0.29) is 5.91 Å². The van der Waals surface area contributed by atoms with E-state index in [1.807, 2.05) is 20.2 Å². The fourth-order valence-electron chi connectivity index (χ4n) is 2.28. The van der Waals surface area contributed by atoms with Gasteiger partial charge in [0, 0.05) is 38.0 Å². The highest BCUT2D eigenvalue weighted by molar-refractivity contribution is 5.91. The van der Waals surface area contributed by atoms with E-state index >= 15 is 0 Å². The average molecular weight is 263 g/mol. The zero-order valence-corrected chi connectivity index (χ0v) is 11.5. The fraction of sp³-hybridized carbons (Fsp3) is 0.571. The van der Waals surface area contributed by atoms with Crippen LogP contribution in [0.3, 0.4) is 0 Å². The van der Waals surface area contributed by atoms with Crippen molar-refractivity contribution in [1.29, 1.82) is 0 Å². The Kier molecular flexibility index (Phi) is 4.04. The van der Waals surface area contributed by atoms with Gasteiger partial charge < -0.3 is 10.0 Å². The molecule has 5 heteroatoms. The second kappa shape index (κ2) is 5.57. The van der Waals surface area contributed by atoms with Gasteiger partial charge in [-0.05, 0) is 32.3 Å². The van der Waals surface area contributed by atoms with E-state index in [1.54, 1.807) is 27.9 Å². The maximum absolute atomic E-state index is 12.1. The Morgan fingerprint density at radius 2 is 2.26 bits per heavy atom. The summed E-state index contributed by atoms with van der Waals surface area (Å²) >= 11 is 0. The first-order valence-electron chi connectivity index (χ1n) is 6.64. The summed E-state index contributed by atoms with van der Waals surface area (Å²) in [6.45, 7) is 3.17. The molecule has 0 spiro atoms. The van der Waals surface area contributed by atoms with Gasteiger partial charge in [0.15, 0.2) is 0 Å². The van der Waals surface area contributed by atoms with Crippen molar-refractivity contribution >= 4 is 12.0 Å². The van der Waals surface area contributed by atoms with Crippen molar-refractivity contribution in [2.24, 2.45) is 7.05 Å². The number of aliphatic hydroxyl groups is 1. The van der Waals surface area contributed by atoms with Crippen LogP contribution in [0.25, 0.3) is 6.08 Å². The van der Waals surface area contributed by atoms with Crippen LogP contribution in [0.5, 0.6) is 0 Å². The topological polar surface area (TPSA) is 58.4 Å². The summed E-state index contributed by atoms with van der Waals surface area (Å²) in [6, 6.07) is 0. The number of carbonyl (C=O) groups excluding carboxylic acids is 1. The lowest BCUT2D eigenvalue weighted by Crippen LogP contribution is -2.32. The maximum atomic E-state index is 12.1. The summed E-state index contributed by atoms with van der Waals surface area (Å²) in [5.74, 6) is 0.00144. The number of carbonyl (C=O) groups is 1. The molecular formula is C14H21N3O2. The molecule has 1 N–H and O–H groups in total. The molecule has 1 aliphatic rings. The number of rotatable bonds is 2. The largest absolute Gasteiger partial charge is 0.390 e. The van der Waals surface area contributed by atoms with Gasteiger partial charge in [-0.1, -0.05) is 0 Å². The zero-order valence-electron chi connectivity index (χ0n) is 11.5. The highest BCUT2D eigenvalue weighted by Gasteiger charge is 2.26. The van der Waals surface area contributed by atoms with Crippen LogP contribution in [0.4, 0.5) is 0 Å². The molecule has 1 aliphatic heterocycles. The second-order valence-corrected chi connectivity index (χ2v) is 5.46. The molecule has 104 valence electrons. The molecule has 19 heavy (non-hydrogen) atoms. The first-order chi connectivity index (χ1) is 8.96. The normalized spacial score (nSPS) is 24.7. The van der Waals surface area contributed by atoms with Gasteiger partial charge >= 0.3 is 0 Å². The highest BCUT2D eigenvalue weighted by atomic mass is 16.3. The van der Waals surface area contributed by atoms with E-state index in [4.69, 9.17) is 0 Å². The van der Waals surface area contributed by atoms with Crippen LogP contribution in [0.2, 0.25) is 0 Å². The number of hydrogen-bond acceptors (Lipinski definition) is 3. The Balaban J connectivity index is 1.94. The Bertz CT molecular complexity index is 477. The third-order valence-corrected chi connectivity index (χ3v) is 3.52. The molecule has 2 rings (SSSR count).